The van der Waals surface area contributed by atoms with Crippen LogP contribution < -0.4 is 11.1 Å². The van der Waals surface area contributed by atoms with Gasteiger partial charge in [-0.05, 0) is 52.2 Å². The third kappa shape index (κ3) is 5.64. The lowest BCUT2D eigenvalue weighted by Crippen LogP contribution is -2.45. The molecule has 212 valence electrons. The monoisotopic (exact) mass is 626 g/mol. The predicted molar refractivity (Wildman–Crippen MR) is 150 cm³/mol. The molecule has 3 N–H and O–H groups in total. The number of carbonyl (C=O) groups is 3. The molecule has 11 nitrogen and oxygen atoms in total. The minimum absolute atomic E-state index is 0.118. The lowest BCUT2D eigenvalue weighted by molar-refractivity contribution is -0.137. The Morgan fingerprint density at radius 3 is 2.59 bits per heavy atom. The molecule has 5 rings (SSSR count). The van der Waals surface area contributed by atoms with Crippen molar-refractivity contribution in [3.05, 3.63) is 58.6 Å². The number of pyridine rings is 1. The first-order valence-electron chi connectivity index (χ1n) is 12.6. The van der Waals surface area contributed by atoms with Crippen molar-refractivity contribution in [2.24, 2.45) is 0 Å². The van der Waals surface area contributed by atoms with Gasteiger partial charge in [-0.15, -0.1) is 0 Å². The van der Waals surface area contributed by atoms with E-state index >= 15 is 4.39 Å². The molecule has 1 fully saturated rings. The van der Waals surface area contributed by atoms with Crippen molar-refractivity contribution in [2.75, 3.05) is 24.3 Å². The third-order valence-corrected chi connectivity index (χ3v) is 7.37. The highest BCUT2D eigenvalue weighted by molar-refractivity contribution is 9.10. The van der Waals surface area contributed by atoms with E-state index in [0.29, 0.717) is 32.2 Å². The van der Waals surface area contributed by atoms with Crippen LogP contribution in [0.2, 0.25) is 0 Å². The van der Waals surface area contributed by atoms with E-state index in [1.54, 1.807) is 49.6 Å². The number of nitrogens with zero attached hydrogens (tertiary/aromatic N) is 6. The lowest BCUT2D eigenvalue weighted by atomic mass is 10.0. The van der Waals surface area contributed by atoms with Gasteiger partial charge in [0.1, 0.15) is 35.4 Å². The number of aryl methyl sites for hydroxylation is 1. The van der Waals surface area contributed by atoms with Crippen LogP contribution in [0.15, 0.2) is 47.3 Å². The second kappa shape index (κ2) is 10.9. The SMILES string of the molecule is CC(=O)c1nn(CC(=O)N2C[C@@](F)(CF)C[C@@H]2C(=O)Nc2nc(Br)ccc2C)c2ccc(-c3cnc(N)nc3)cc12. The van der Waals surface area contributed by atoms with Crippen LogP contribution in [-0.2, 0) is 16.1 Å². The number of nitrogens with two attached hydrogens (primary N) is 1. The number of carbonyl (C=O) groups excluding carboxylic acids is 3. The highest BCUT2D eigenvalue weighted by Crippen LogP contribution is 2.33. The van der Waals surface area contributed by atoms with Crippen molar-refractivity contribution in [3.63, 3.8) is 0 Å². The molecule has 2 amide bonds. The summed E-state index contributed by atoms with van der Waals surface area (Å²) in [5.74, 6) is -1.33. The first-order valence-corrected chi connectivity index (χ1v) is 13.3. The quantitative estimate of drug-likeness (QED) is 0.233. The minimum Gasteiger partial charge on any atom is -0.368 e. The molecule has 0 radical (unpaired) electrons. The summed E-state index contributed by atoms with van der Waals surface area (Å²) in [4.78, 5) is 52.4. The van der Waals surface area contributed by atoms with Gasteiger partial charge in [-0.2, -0.15) is 5.10 Å². The van der Waals surface area contributed by atoms with Crippen LogP contribution in [0.5, 0.6) is 0 Å². The average molecular weight is 627 g/mol. The number of alkyl halides is 2. The number of halogens is 3. The van der Waals surface area contributed by atoms with Gasteiger partial charge >= 0.3 is 0 Å². The maximum Gasteiger partial charge on any atom is 0.248 e. The molecule has 1 aromatic carbocycles. The summed E-state index contributed by atoms with van der Waals surface area (Å²) in [7, 11) is 0. The summed E-state index contributed by atoms with van der Waals surface area (Å²) in [5.41, 5.74) is 5.79. The second-order valence-corrected chi connectivity index (χ2v) is 10.8. The maximum atomic E-state index is 15.2. The molecule has 1 aliphatic heterocycles. The van der Waals surface area contributed by atoms with Gasteiger partial charge in [-0.25, -0.2) is 23.7 Å². The number of nitrogen functional groups attached to an aromatic ring is 1. The van der Waals surface area contributed by atoms with E-state index in [1.165, 1.54) is 11.6 Å². The van der Waals surface area contributed by atoms with E-state index in [4.69, 9.17) is 5.73 Å². The number of hydrogen-bond donors (Lipinski definition) is 2. The number of likely N-dealkylation sites (tertiary alicyclic amines) is 1. The number of Topliss-reactive ketones (excluding diaryl/α,β-unsaturated/α-hetero) is 1. The molecule has 3 aromatic heterocycles. The average Bonchev–Trinajstić information content (AvgIpc) is 3.49. The fourth-order valence-electron chi connectivity index (χ4n) is 4.81. The van der Waals surface area contributed by atoms with Crippen LogP contribution in [0, 0.1) is 6.92 Å². The van der Waals surface area contributed by atoms with Crippen LogP contribution in [-0.4, -0.2) is 72.2 Å². The number of ketones is 1. The van der Waals surface area contributed by atoms with Gasteiger partial charge in [0.15, 0.2) is 11.5 Å². The van der Waals surface area contributed by atoms with Crippen molar-refractivity contribution < 1.29 is 23.2 Å². The molecule has 4 aromatic rings. The normalized spacial score (nSPS) is 18.6. The van der Waals surface area contributed by atoms with Gasteiger partial charge in [0.05, 0.1) is 12.1 Å². The van der Waals surface area contributed by atoms with Gasteiger partial charge in [0, 0.05) is 36.7 Å². The summed E-state index contributed by atoms with van der Waals surface area (Å²) in [5, 5.41) is 7.46. The highest BCUT2D eigenvalue weighted by atomic mass is 79.9. The van der Waals surface area contributed by atoms with Crippen LogP contribution >= 0.6 is 15.9 Å². The van der Waals surface area contributed by atoms with Gasteiger partial charge in [0.2, 0.25) is 17.8 Å². The number of amides is 2. The molecular formula is C27H25BrF2N8O3. The molecule has 0 bridgehead atoms. The van der Waals surface area contributed by atoms with Gasteiger partial charge in [0.25, 0.3) is 0 Å². The molecule has 0 saturated carbocycles. The summed E-state index contributed by atoms with van der Waals surface area (Å²) in [6.07, 6.45) is 2.57. The van der Waals surface area contributed by atoms with Gasteiger partial charge in [-0.1, -0.05) is 12.1 Å². The Bertz CT molecular complexity index is 1680. The molecule has 2 atom stereocenters. The van der Waals surface area contributed by atoms with Crippen LogP contribution in [0.1, 0.15) is 29.4 Å². The largest absolute Gasteiger partial charge is 0.368 e. The van der Waals surface area contributed by atoms with E-state index in [0.717, 1.165) is 4.90 Å². The van der Waals surface area contributed by atoms with Crippen molar-refractivity contribution >= 4 is 56.2 Å². The fourth-order valence-corrected chi connectivity index (χ4v) is 5.12. The molecule has 14 heteroatoms. The zero-order valence-corrected chi connectivity index (χ0v) is 23.7. The summed E-state index contributed by atoms with van der Waals surface area (Å²) in [6.45, 7) is 0.713. The first-order chi connectivity index (χ1) is 19.5. The molecule has 4 heterocycles. The number of aromatic nitrogens is 5. The van der Waals surface area contributed by atoms with Crippen LogP contribution in [0.3, 0.4) is 0 Å². The third-order valence-electron chi connectivity index (χ3n) is 6.93. The minimum atomic E-state index is -2.38. The number of benzene rings is 1. The van der Waals surface area contributed by atoms with Crippen molar-refractivity contribution in [1.82, 2.24) is 29.6 Å². The molecular weight excluding hydrogens is 602 g/mol. The van der Waals surface area contributed by atoms with E-state index in [1.807, 2.05) is 0 Å². The van der Waals surface area contributed by atoms with E-state index in [9.17, 15) is 18.8 Å². The molecule has 1 saturated heterocycles. The van der Waals surface area contributed by atoms with E-state index in [-0.39, 0.29) is 23.2 Å². The Morgan fingerprint density at radius 2 is 1.90 bits per heavy atom. The van der Waals surface area contributed by atoms with Crippen LogP contribution in [0.4, 0.5) is 20.5 Å². The maximum absolute atomic E-state index is 15.2. The number of fused-ring (bicyclic) bond motifs is 1. The zero-order valence-electron chi connectivity index (χ0n) is 22.1. The Morgan fingerprint density at radius 1 is 1.17 bits per heavy atom. The Hall–Kier alpha value is -4.33. The summed E-state index contributed by atoms with van der Waals surface area (Å²) in [6, 6.07) is 7.30. The standard InChI is InChI=1S/C27H25BrF2N8O3/c1-14-3-6-21(28)34-24(14)35-25(41)20-8-27(30,12-29)13-37(20)22(40)11-38-19-5-4-16(17-9-32-26(31)33-10-17)7-18(19)23(36-38)15(2)39/h3-7,9-10,20H,8,11-13H2,1-2H3,(H2,31,32,33)(H,34,35,41)/t20-,27+/m1/s1. The number of nitrogens with one attached hydrogen (secondary N) is 1. The summed E-state index contributed by atoms with van der Waals surface area (Å²) >= 11 is 3.24. The number of rotatable bonds is 7. The molecule has 1 aliphatic rings. The fraction of sp³-hybridized carbons (Fsp3) is 0.296. The van der Waals surface area contributed by atoms with Gasteiger partial charge in [-0.3, -0.25) is 19.1 Å². The van der Waals surface area contributed by atoms with Crippen LogP contribution in [0.25, 0.3) is 22.0 Å². The number of hydrogen-bond acceptors (Lipinski definition) is 8. The lowest BCUT2D eigenvalue weighted by Gasteiger charge is -2.24. The first kappa shape index (κ1) is 28.2. The Kier molecular flexibility index (Phi) is 7.51. The number of anilines is 2. The van der Waals surface area contributed by atoms with Crippen molar-refractivity contribution in [1.29, 1.82) is 0 Å². The Balaban J connectivity index is 1.44. The smallest absolute Gasteiger partial charge is 0.248 e. The second-order valence-electron chi connectivity index (χ2n) is 9.94. The molecule has 0 aliphatic carbocycles. The van der Waals surface area contributed by atoms with E-state index in [2.05, 4.69) is 41.3 Å². The van der Waals surface area contributed by atoms with Crippen molar-refractivity contribution in [3.8, 4) is 11.1 Å². The van der Waals surface area contributed by atoms with Gasteiger partial charge < -0.3 is 16.0 Å². The summed E-state index contributed by atoms with van der Waals surface area (Å²) < 4.78 is 30.7. The molecule has 41 heavy (non-hydrogen) atoms. The topological polar surface area (TPSA) is 149 Å². The predicted octanol–water partition coefficient (Wildman–Crippen LogP) is 3.66. The zero-order chi connectivity index (χ0) is 29.5. The Labute approximate surface area is 241 Å². The molecule has 0 spiro atoms. The van der Waals surface area contributed by atoms with E-state index < -0.39 is 49.7 Å². The van der Waals surface area contributed by atoms with Crippen molar-refractivity contribution in [2.45, 2.75) is 38.5 Å². The molecule has 0 unspecified atom stereocenters. The highest BCUT2D eigenvalue weighted by Gasteiger charge is 2.49.